The molecule has 1 aliphatic rings. The highest BCUT2D eigenvalue weighted by Crippen LogP contribution is 2.32. The van der Waals surface area contributed by atoms with Crippen molar-refractivity contribution in [3.05, 3.63) is 24.0 Å². The van der Waals surface area contributed by atoms with E-state index in [1.54, 1.807) is 7.05 Å². The van der Waals surface area contributed by atoms with Gasteiger partial charge in [-0.15, -0.1) is 0 Å². The number of hydrogen-bond donors (Lipinski definition) is 2. The highest BCUT2D eigenvalue weighted by atomic mass is 19.4. The number of nitrogens with zero attached hydrogens (tertiary/aromatic N) is 2. The lowest BCUT2D eigenvalue weighted by atomic mass is 10.1. The molecule has 0 bridgehead atoms. The lowest BCUT2D eigenvalue weighted by Gasteiger charge is -2.13. The third-order valence-corrected chi connectivity index (χ3v) is 3.68. The Kier molecular flexibility index (Phi) is 3.83. The van der Waals surface area contributed by atoms with Crippen molar-refractivity contribution in [3.8, 4) is 0 Å². The molecule has 23 heavy (non-hydrogen) atoms. The van der Waals surface area contributed by atoms with Crippen molar-refractivity contribution in [3.63, 3.8) is 0 Å². The van der Waals surface area contributed by atoms with Crippen molar-refractivity contribution in [2.75, 3.05) is 17.7 Å². The molecule has 0 aliphatic heterocycles. The van der Waals surface area contributed by atoms with Gasteiger partial charge < -0.3 is 10.6 Å². The highest BCUT2D eigenvalue weighted by molar-refractivity contribution is 5.98. The second-order valence-corrected chi connectivity index (χ2v) is 5.55. The molecule has 2 aromatic heterocycles. The van der Waals surface area contributed by atoms with E-state index < -0.39 is 12.6 Å². The number of carbonyl (C=O) groups is 1. The lowest BCUT2D eigenvalue weighted by molar-refractivity contribution is -0.127. The average Bonchev–Trinajstić information content (AvgIpc) is 3.31. The number of aromatic nitrogens is 2. The van der Waals surface area contributed by atoms with E-state index in [0.29, 0.717) is 16.6 Å². The molecule has 5 nitrogen and oxygen atoms in total. The lowest BCUT2D eigenvalue weighted by Crippen LogP contribution is -2.15. The largest absolute Gasteiger partial charge is 0.393 e. The Morgan fingerprint density at radius 1 is 1.26 bits per heavy atom. The molecule has 0 spiro atoms. The summed E-state index contributed by atoms with van der Waals surface area (Å²) in [4.78, 5) is 19.9. The molecule has 1 fully saturated rings. The number of rotatable bonds is 4. The minimum absolute atomic E-state index is 0.00699. The van der Waals surface area contributed by atoms with Crippen molar-refractivity contribution >= 4 is 28.3 Å². The maximum Gasteiger partial charge on any atom is 0.393 e. The summed E-state index contributed by atoms with van der Waals surface area (Å²) in [5.74, 6) is 0.550. The van der Waals surface area contributed by atoms with Crippen molar-refractivity contribution < 1.29 is 18.0 Å². The zero-order valence-electron chi connectivity index (χ0n) is 12.4. The van der Waals surface area contributed by atoms with Gasteiger partial charge in [-0.1, -0.05) is 0 Å². The quantitative estimate of drug-likeness (QED) is 0.907. The van der Waals surface area contributed by atoms with Crippen LogP contribution in [0, 0.1) is 5.92 Å². The van der Waals surface area contributed by atoms with E-state index in [9.17, 15) is 18.0 Å². The maximum absolute atomic E-state index is 12.7. The monoisotopic (exact) mass is 324 g/mol. The third kappa shape index (κ3) is 3.52. The Morgan fingerprint density at radius 2 is 2.00 bits per heavy atom. The van der Waals surface area contributed by atoms with E-state index in [1.807, 2.05) is 0 Å². The van der Waals surface area contributed by atoms with Gasteiger partial charge in [-0.3, -0.25) is 4.79 Å². The Morgan fingerprint density at radius 3 is 2.61 bits per heavy atom. The van der Waals surface area contributed by atoms with Crippen LogP contribution < -0.4 is 10.6 Å². The van der Waals surface area contributed by atoms with Crippen LogP contribution in [0.4, 0.5) is 24.8 Å². The zero-order valence-corrected chi connectivity index (χ0v) is 12.4. The molecule has 2 heterocycles. The Hall–Kier alpha value is -2.38. The summed E-state index contributed by atoms with van der Waals surface area (Å²) >= 11 is 0. The van der Waals surface area contributed by atoms with E-state index in [1.165, 1.54) is 18.5 Å². The second kappa shape index (κ2) is 5.68. The number of halogens is 3. The van der Waals surface area contributed by atoms with Crippen LogP contribution in [0.25, 0.3) is 10.8 Å². The first-order valence-electron chi connectivity index (χ1n) is 7.20. The third-order valence-electron chi connectivity index (χ3n) is 3.68. The molecule has 0 saturated heterocycles. The molecule has 2 N–H and O–H groups in total. The fourth-order valence-corrected chi connectivity index (χ4v) is 2.39. The van der Waals surface area contributed by atoms with Gasteiger partial charge in [0, 0.05) is 30.7 Å². The van der Waals surface area contributed by atoms with Crippen LogP contribution in [0.3, 0.4) is 0 Å². The summed E-state index contributed by atoms with van der Waals surface area (Å²) in [5.41, 5.74) is 0.0517. The van der Waals surface area contributed by atoms with Gasteiger partial charge in [0.15, 0.2) is 0 Å². The zero-order chi connectivity index (χ0) is 16.6. The number of fused-ring (bicyclic) bond motifs is 1. The van der Waals surface area contributed by atoms with Crippen molar-refractivity contribution in [2.24, 2.45) is 5.92 Å². The minimum Gasteiger partial charge on any atom is -0.373 e. The molecule has 2 aromatic rings. The normalized spacial score (nSPS) is 14.8. The minimum atomic E-state index is -4.34. The second-order valence-electron chi connectivity index (χ2n) is 5.55. The summed E-state index contributed by atoms with van der Waals surface area (Å²) < 4.78 is 38.2. The molecule has 0 radical (unpaired) electrons. The summed E-state index contributed by atoms with van der Waals surface area (Å²) in [5, 5.41) is 6.34. The number of carbonyl (C=O) groups excluding carboxylic acids is 1. The van der Waals surface area contributed by atoms with Gasteiger partial charge in [0.25, 0.3) is 0 Å². The first-order valence-corrected chi connectivity index (χ1v) is 7.20. The molecule has 8 heteroatoms. The molecule has 1 aliphatic carbocycles. The van der Waals surface area contributed by atoms with Gasteiger partial charge in [-0.05, 0) is 29.9 Å². The first-order chi connectivity index (χ1) is 10.9. The standard InChI is InChI=1S/C15H15F3N4O/c1-19-13-11-7-20-12(22-14(23)8-2-3-8)4-10(11)9(6-21-13)5-15(16,17)18/h4,6-8H,2-3,5H2,1H3,(H,19,21)(H,20,22,23). The molecule has 1 saturated carbocycles. The molecule has 3 rings (SSSR count). The summed E-state index contributed by atoms with van der Waals surface area (Å²) in [6.07, 6.45) is -1.11. The van der Waals surface area contributed by atoms with Gasteiger partial charge in [0.2, 0.25) is 5.91 Å². The number of hydrogen-bond acceptors (Lipinski definition) is 4. The van der Waals surface area contributed by atoms with Crippen molar-refractivity contribution in [1.82, 2.24) is 9.97 Å². The fraction of sp³-hybridized carbons (Fsp3) is 0.400. The average molecular weight is 324 g/mol. The fourth-order valence-electron chi connectivity index (χ4n) is 2.39. The first kappa shape index (κ1) is 15.5. The van der Waals surface area contributed by atoms with E-state index in [-0.39, 0.29) is 23.2 Å². The predicted molar refractivity (Wildman–Crippen MR) is 80.2 cm³/mol. The summed E-state index contributed by atoms with van der Waals surface area (Å²) in [6.45, 7) is 0. The number of pyridine rings is 2. The molecule has 0 aromatic carbocycles. The van der Waals surface area contributed by atoms with E-state index in [0.717, 1.165) is 12.8 Å². The van der Waals surface area contributed by atoms with Crippen LogP contribution in [0.2, 0.25) is 0 Å². The van der Waals surface area contributed by atoms with Gasteiger partial charge in [0.1, 0.15) is 11.6 Å². The SMILES string of the molecule is CNc1ncc(CC(F)(F)F)c2cc(NC(=O)C3CC3)ncc12. The topological polar surface area (TPSA) is 66.9 Å². The number of anilines is 2. The van der Waals surface area contributed by atoms with E-state index in [2.05, 4.69) is 20.6 Å². The van der Waals surface area contributed by atoms with Crippen LogP contribution in [-0.2, 0) is 11.2 Å². The predicted octanol–water partition coefficient (Wildman–Crippen LogP) is 3.12. The highest BCUT2D eigenvalue weighted by Gasteiger charge is 2.31. The number of alkyl halides is 3. The maximum atomic E-state index is 12.7. The van der Waals surface area contributed by atoms with Crippen molar-refractivity contribution in [2.45, 2.75) is 25.4 Å². The van der Waals surface area contributed by atoms with Crippen LogP contribution in [-0.4, -0.2) is 29.1 Å². The van der Waals surface area contributed by atoms with Crippen LogP contribution >= 0.6 is 0 Å². The molecule has 0 atom stereocenters. The molecule has 122 valence electrons. The van der Waals surface area contributed by atoms with Crippen molar-refractivity contribution in [1.29, 1.82) is 0 Å². The van der Waals surface area contributed by atoms with E-state index in [4.69, 9.17) is 0 Å². The van der Waals surface area contributed by atoms with Gasteiger partial charge in [-0.2, -0.15) is 13.2 Å². The van der Waals surface area contributed by atoms with Gasteiger partial charge in [-0.25, -0.2) is 9.97 Å². The molecular formula is C15H15F3N4O. The summed E-state index contributed by atoms with van der Waals surface area (Å²) in [7, 11) is 1.63. The summed E-state index contributed by atoms with van der Waals surface area (Å²) in [6, 6.07) is 1.47. The molecular weight excluding hydrogens is 309 g/mol. The van der Waals surface area contributed by atoms with Gasteiger partial charge >= 0.3 is 6.18 Å². The Labute approximate surface area is 130 Å². The number of nitrogens with one attached hydrogen (secondary N) is 2. The smallest absolute Gasteiger partial charge is 0.373 e. The van der Waals surface area contributed by atoms with Crippen LogP contribution in [0.1, 0.15) is 18.4 Å². The van der Waals surface area contributed by atoms with E-state index >= 15 is 0 Å². The number of amides is 1. The molecule has 0 unspecified atom stereocenters. The Bertz CT molecular complexity index is 756. The molecule has 1 amide bonds. The van der Waals surface area contributed by atoms with Gasteiger partial charge in [0.05, 0.1) is 6.42 Å². The van der Waals surface area contributed by atoms with Crippen LogP contribution in [0.5, 0.6) is 0 Å². The van der Waals surface area contributed by atoms with Crippen LogP contribution in [0.15, 0.2) is 18.5 Å². The Balaban J connectivity index is 2.02.